The number of ether oxygens (including phenoxy) is 2. The Kier molecular flexibility index (Phi) is 6.14. The van der Waals surface area contributed by atoms with E-state index in [1.165, 1.54) is 32.4 Å². The zero-order valence-electron chi connectivity index (χ0n) is 13.7. The third kappa shape index (κ3) is 4.81. The molecule has 0 aliphatic rings. The Morgan fingerprint density at radius 2 is 1.60 bits per heavy atom. The number of methoxy groups -OCH3 is 2. The van der Waals surface area contributed by atoms with E-state index in [4.69, 9.17) is 16.3 Å². The number of hydrogen-bond acceptors (Lipinski definition) is 5. The number of carbonyl (C=O) groups excluding carboxylic acids is 3. The maximum Gasteiger partial charge on any atom is 0.339 e. The minimum Gasteiger partial charge on any atom is -0.465 e. The summed E-state index contributed by atoms with van der Waals surface area (Å²) in [5, 5.41) is 3.20. The molecule has 6 nitrogen and oxygen atoms in total. The third-order valence-electron chi connectivity index (χ3n) is 3.40. The highest BCUT2D eigenvalue weighted by molar-refractivity contribution is 6.30. The highest BCUT2D eigenvalue weighted by Crippen LogP contribution is 2.20. The molecule has 0 fully saturated rings. The second-order valence-electron chi connectivity index (χ2n) is 5.09. The van der Waals surface area contributed by atoms with Gasteiger partial charge in [-0.15, -0.1) is 0 Å². The Balaban J connectivity index is 2.25. The van der Waals surface area contributed by atoms with Crippen LogP contribution in [0.25, 0.3) is 0 Å². The Morgan fingerprint density at radius 1 is 0.960 bits per heavy atom. The lowest BCUT2D eigenvalue weighted by Crippen LogP contribution is -2.18. The molecule has 0 aliphatic carbocycles. The van der Waals surface area contributed by atoms with Gasteiger partial charge in [0, 0.05) is 5.02 Å². The minimum absolute atomic E-state index is 0.0836. The number of benzene rings is 2. The number of hydrogen-bond donors (Lipinski definition) is 1. The monoisotopic (exact) mass is 361 g/mol. The Hall–Kier alpha value is -2.86. The van der Waals surface area contributed by atoms with Crippen molar-refractivity contribution in [1.82, 2.24) is 0 Å². The van der Waals surface area contributed by atoms with Gasteiger partial charge >= 0.3 is 11.9 Å². The van der Waals surface area contributed by atoms with Crippen LogP contribution in [0.3, 0.4) is 0 Å². The van der Waals surface area contributed by atoms with Gasteiger partial charge in [0.25, 0.3) is 0 Å². The highest BCUT2D eigenvalue weighted by Gasteiger charge is 2.17. The molecule has 0 bridgehead atoms. The van der Waals surface area contributed by atoms with Gasteiger partial charge in [-0.3, -0.25) is 4.79 Å². The van der Waals surface area contributed by atoms with Crippen LogP contribution >= 0.6 is 11.6 Å². The first-order valence-electron chi connectivity index (χ1n) is 7.29. The number of halogens is 1. The van der Waals surface area contributed by atoms with E-state index in [2.05, 4.69) is 10.1 Å². The van der Waals surface area contributed by atoms with Crippen molar-refractivity contribution < 1.29 is 23.9 Å². The Morgan fingerprint density at radius 3 is 2.20 bits per heavy atom. The first-order valence-corrected chi connectivity index (χ1v) is 7.67. The lowest BCUT2D eigenvalue weighted by Gasteiger charge is -2.11. The van der Waals surface area contributed by atoms with Crippen LogP contribution < -0.4 is 5.32 Å². The van der Waals surface area contributed by atoms with E-state index in [9.17, 15) is 14.4 Å². The van der Waals surface area contributed by atoms with Crippen molar-refractivity contribution in [3.63, 3.8) is 0 Å². The fraction of sp³-hybridized carbons (Fsp3) is 0.167. The predicted octanol–water partition coefficient (Wildman–Crippen LogP) is 3.09. The first kappa shape index (κ1) is 18.5. The fourth-order valence-corrected chi connectivity index (χ4v) is 2.29. The van der Waals surface area contributed by atoms with Gasteiger partial charge in [0.1, 0.15) is 0 Å². The summed E-state index contributed by atoms with van der Waals surface area (Å²) in [5.41, 5.74) is 1.27. The van der Waals surface area contributed by atoms with Crippen molar-refractivity contribution in [2.24, 2.45) is 0 Å². The van der Waals surface area contributed by atoms with E-state index in [1.54, 1.807) is 24.3 Å². The smallest absolute Gasteiger partial charge is 0.339 e. The molecule has 7 heteroatoms. The number of anilines is 1. The molecule has 0 spiro atoms. The molecule has 0 unspecified atom stereocenters. The summed E-state index contributed by atoms with van der Waals surface area (Å²) in [5.74, 6) is -1.56. The summed E-state index contributed by atoms with van der Waals surface area (Å²) >= 11 is 5.81. The average molecular weight is 362 g/mol. The van der Waals surface area contributed by atoms with Crippen LogP contribution in [-0.4, -0.2) is 32.1 Å². The van der Waals surface area contributed by atoms with Gasteiger partial charge in [0.2, 0.25) is 5.91 Å². The molecule has 2 rings (SSSR count). The molecule has 0 saturated carbocycles. The summed E-state index contributed by atoms with van der Waals surface area (Å²) in [4.78, 5) is 35.8. The number of nitrogens with one attached hydrogen (secondary N) is 1. The largest absolute Gasteiger partial charge is 0.465 e. The summed E-state index contributed by atoms with van der Waals surface area (Å²) in [6, 6.07) is 11.0. The van der Waals surface area contributed by atoms with Crippen LogP contribution in [0, 0.1) is 0 Å². The molecule has 0 radical (unpaired) electrons. The lowest BCUT2D eigenvalue weighted by atomic mass is 10.1. The minimum atomic E-state index is -0.627. The molecule has 1 amide bonds. The van der Waals surface area contributed by atoms with Gasteiger partial charge in [-0.2, -0.15) is 0 Å². The average Bonchev–Trinajstić information content (AvgIpc) is 2.62. The predicted molar refractivity (Wildman–Crippen MR) is 92.9 cm³/mol. The van der Waals surface area contributed by atoms with Gasteiger partial charge in [0.15, 0.2) is 0 Å². The second kappa shape index (κ2) is 8.30. The zero-order valence-corrected chi connectivity index (χ0v) is 14.4. The van der Waals surface area contributed by atoms with Crippen LogP contribution in [-0.2, 0) is 20.7 Å². The van der Waals surface area contributed by atoms with Crippen LogP contribution in [0.4, 0.5) is 5.69 Å². The van der Waals surface area contributed by atoms with E-state index in [0.717, 1.165) is 5.56 Å². The van der Waals surface area contributed by atoms with E-state index in [1.807, 2.05) is 0 Å². The lowest BCUT2D eigenvalue weighted by molar-refractivity contribution is -0.115. The second-order valence-corrected chi connectivity index (χ2v) is 5.53. The first-order chi connectivity index (χ1) is 11.9. The van der Waals surface area contributed by atoms with Crippen molar-refractivity contribution >= 4 is 35.1 Å². The molecule has 130 valence electrons. The Bertz CT molecular complexity index is 802. The van der Waals surface area contributed by atoms with E-state index in [-0.39, 0.29) is 29.1 Å². The fourth-order valence-electron chi connectivity index (χ4n) is 2.16. The SMILES string of the molecule is COC(=O)c1ccc(C(=O)OC)c(NC(=O)Cc2ccc(Cl)cc2)c1. The molecule has 2 aromatic rings. The molecule has 0 heterocycles. The number of carbonyl (C=O) groups is 3. The quantitative estimate of drug-likeness (QED) is 0.827. The van der Waals surface area contributed by atoms with Crippen molar-refractivity contribution in [3.8, 4) is 0 Å². The number of rotatable bonds is 5. The summed E-state index contributed by atoms with van der Waals surface area (Å²) in [6.07, 6.45) is 0.0836. The molecule has 25 heavy (non-hydrogen) atoms. The molecule has 0 atom stereocenters. The molecular formula is C18H16ClNO5. The maximum atomic E-state index is 12.3. The van der Waals surface area contributed by atoms with Crippen LogP contribution in [0.1, 0.15) is 26.3 Å². The molecule has 1 N–H and O–H groups in total. The van der Waals surface area contributed by atoms with Crippen molar-refractivity contribution in [3.05, 3.63) is 64.2 Å². The number of amides is 1. The van der Waals surface area contributed by atoms with Crippen molar-refractivity contribution in [1.29, 1.82) is 0 Å². The van der Waals surface area contributed by atoms with Crippen LogP contribution in [0.5, 0.6) is 0 Å². The van der Waals surface area contributed by atoms with Crippen LogP contribution in [0.15, 0.2) is 42.5 Å². The van der Waals surface area contributed by atoms with Gasteiger partial charge < -0.3 is 14.8 Å². The maximum absolute atomic E-state index is 12.3. The third-order valence-corrected chi connectivity index (χ3v) is 3.65. The topological polar surface area (TPSA) is 81.7 Å². The standard InChI is InChI=1S/C18H16ClNO5/c1-24-17(22)12-5-8-14(18(23)25-2)15(10-12)20-16(21)9-11-3-6-13(19)7-4-11/h3-8,10H,9H2,1-2H3,(H,20,21). The summed E-state index contributed by atoms with van der Waals surface area (Å²) in [6.45, 7) is 0. The van der Waals surface area contributed by atoms with Gasteiger partial charge in [-0.25, -0.2) is 9.59 Å². The Labute approximate surface area is 149 Å². The normalized spacial score (nSPS) is 10.0. The van der Waals surface area contributed by atoms with Gasteiger partial charge in [0.05, 0.1) is 37.5 Å². The molecule has 0 aromatic heterocycles. The van der Waals surface area contributed by atoms with Gasteiger partial charge in [-0.05, 0) is 35.9 Å². The van der Waals surface area contributed by atoms with Crippen LogP contribution in [0.2, 0.25) is 5.02 Å². The molecular weight excluding hydrogens is 346 g/mol. The molecule has 0 saturated heterocycles. The van der Waals surface area contributed by atoms with Gasteiger partial charge in [-0.1, -0.05) is 23.7 Å². The number of esters is 2. The van der Waals surface area contributed by atoms with Crippen molar-refractivity contribution in [2.75, 3.05) is 19.5 Å². The van der Waals surface area contributed by atoms with E-state index in [0.29, 0.717) is 5.02 Å². The van der Waals surface area contributed by atoms with Crippen molar-refractivity contribution in [2.45, 2.75) is 6.42 Å². The van der Waals surface area contributed by atoms with E-state index < -0.39 is 11.9 Å². The van der Waals surface area contributed by atoms with E-state index >= 15 is 0 Å². The zero-order chi connectivity index (χ0) is 18.4. The highest BCUT2D eigenvalue weighted by atomic mass is 35.5. The molecule has 0 aliphatic heterocycles. The summed E-state index contributed by atoms with van der Waals surface area (Å²) < 4.78 is 9.35. The summed E-state index contributed by atoms with van der Waals surface area (Å²) in [7, 11) is 2.48. The molecule has 2 aromatic carbocycles.